The number of ether oxygens (including phenoxy) is 2. The number of aromatic nitrogens is 2. The van der Waals surface area contributed by atoms with Gasteiger partial charge in [0.05, 0.1) is 12.3 Å². The van der Waals surface area contributed by atoms with Crippen molar-refractivity contribution in [3.05, 3.63) is 41.1 Å². The topological polar surface area (TPSA) is 80.1 Å². The van der Waals surface area contributed by atoms with Gasteiger partial charge in [-0.2, -0.15) is 10.4 Å². The molecule has 1 aromatic heterocycles. The number of aryl methyl sites for hydroxylation is 1. The zero-order valence-electron chi connectivity index (χ0n) is 14.3. The number of rotatable bonds is 8. The molecule has 1 heterocycles. The lowest BCUT2D eigenvalue weighted by Gasteiger charge is -2.12. The summed E-state index contributed by atoms with van der Waals surface area (Å²) in [4.78, 5) is 0. The number of hydrogen-bond donors (Lipinski definition) is 1. The Kier molecular flexibility index (Phi) is 6.52. The third kappa shape index (κ3) is 4.21. The van der Waals surface area contributed by atoms with Crippen molar-refractivity contribution < 1.29 is 9.47 Å². The summed E-state index contributed by atoms with van der Waals surface area (Å²) in [6.07, 6.45) is 1.52. The lowest BCUT2D eigenvalue weighted by atomic mass is 10.0. The van der Waals surface area contributed by atoms with Crippen LogP contribution in [0.1, 0.15) is 30.7 Å². The molecule has 0 saturated carbocycles. The highest BCUT2D eigenvalue weighted by Crippen LogP contribution is 2.24. The van der Waals surface area contributed by atoms with Gasteiger partial charge in [-0.1, -0.05) is 13.8 Å². The molecule has 6 nitrogen and oxygen atoms in total. The highest BCUT2D eigenvalue weighted by Gasteiger charge is 2.14. The molecule has 0 unspecified atom stereocenters. The molecule has 0 aliphatic rings. The molecular formula is C18H22N4O2. The van der Waals surface area contributed by atoms with Crippen molar-refractivity contribution in [2.24, 2.45) is 0 Å². The van der Waals surface area contributed by atoms with Crippen molar-refractivity contribution in [3.8, 4) is 11.8 Å². The molecule has 126 valence electrons. The first kappa shape index (κ1) is 17.7. The van der Waals surface area contributed by atoms with Crippen molar-refractivity contribution in [1.29, 1.82) is 5.26 Å². The first-order chi connectivity index (χ1) is 11.7. The number of hydrogen-bond acceptors (Lipinski definition) is 6. The number of methoxy groups -OCH3 is 1. The van der Waals surface area contributed by atoms with Crippen LogP contribution in [0, 0.1) is 11.3 Å². The average molecular weight is 326 g/mol. The molecule has 1 N–H and O–H groups in total. The summed E-state index contributed by atoms with van der Waals surface area (Å²) in [6.45, 7) is 5.09. The van der Waals surface area contributed by atoms with Crippen molar-refractivity contribution in [1.82, 2.24) is 10.2 Å². The van der Waals surface area contributed by atoms with E-state index in [1.165, 1.54) is 0 Å². The first-order valence-electron chi connectivity index (χ1n) is 8.00. The second-order valence-electron chi connectivity index (χ2n) is 5.16. The Hall–Kier alpha value is -2.65. The van der Waals surface area contributed by atoms with Crippen molar-refractivity contribution in [3.63, 3.8) is 0 Å². The molecule has 0 atom stereocenters. The molecule has 1 aromatic carbocycles. The molecule has 0 bridgehead atoms. The Morgan fingerprint density at radius 1 is 1.08 bits per heavy atom. The standard InChI is InChI=1S/C18H22N4O2/c1-4-15-16(12-19)18(22-21-17(15)5-2)20-13-6-8-14(9-7-13)24-11-10-23-3/h6-9H,4-5,10-11H2,1-3H3,(H,20,22). The summed E-state index contributed by atoms with van der Waals surface area (Å²) in [6, 6.07) is 9.73. The van der Waals surface area contributed by atoms with E-state index in [1.54, 1.807) is 7.11 Å². The largest absolute Gasteiger partial charge is 0.491 e. The van der Waals surface area contributed by atoms with Crippen LogP contribution in [0.15, 0.2) is 24.3 Å². The van der Waals surface area contributed by atoms with Gasteiger partial charge in [0.25, 0.3) is 0 Å². The molecule has 2 rings (SSSR count). The summed E-state index contributed by atoms with van der Waals surface area (Å²) >= 11 is 0. The van der Waals surface area contributed by atoms with Gasteiger partial charge in [0, 0.05) is 12.8 Å². The number of nitrogens with one attached hydrogen (secondary N) is 1. The van der Waals surface area contributed by atoms with Crippen LogP contribution in [0.2, 0.25) is 0 Å². The van der Waals surface area contributed by atoms with E-state index >= 15 is 0 Å². The van der Waals surface area contributed by atoms with E-state index < -0.39 is 0 Å². The molecule has 0 fully saturated rings. The SMILES string of the molecule is CCc1nnc(Nc2ccc(OCCOC)cc2)c(C#N)c1CC. The van der Waals surface area contributed by atoms with Gasteiger partial charge in [-0.3, -0.25) is 0 Å². The molecular weight excluding hydrogens is 304 g/mol. The van der Waals surface area contributed by atoms with Gasteiger partial charge in [-0.25, -0.2) is 0 Å². The number of nitrogens with zero attached hydrogens (tertiary/aromatic N) is 3. The highest BCUT2D eigenvalue weighted by molar-refractivity contribution is 5.65. The third-order valence-electron chi connectivity index (χ3n) is 3.63. The van der Waals surface area contributed by atoms with Gasteiger partial charge in [0.15, 0.2) is 5.82 Å². The predicted octanol–water partition coefficient (Wildman–Crippen LogP) is 3.24. The summed E-state index contributed by atoms with van der Waals surface area (Å²) < 4.78 is 10.5. The second-order valence-corrected chi connectivity index (χ2v) is 5.16. The molecule has 0 saturated heterocycles. The first-order valence-corrected chi connectivity index (χ1v) is 8.00. The smallest absolute Gasteiger partial charge is 0.171 e. The predicted molar refractivity (Wildman–Crippen MR) is 92.6 cm³/mol. The van der Waals surface area contributed by atoms with Crippen molar-refractivity contribution in [2.45, 2.75) is 26.7 Å². The fraction of sp³-hybridized carbons (Fsp3) is 0.389. The van der Waals surface area contributed by atoms with Crippen LogP contribution in [-0.2, 0) is 17.6 Å². The quantitative estimate of drug-likeness (QED) is 0.750. The minimum absolute atomic E-state index is 0.486. The van der Waals surface area contributed by atoms with Crippen LogP contribution in [-0.4, -0.2) is 30.5 Å². The van der Waals surface area contributed by atoms with Gasteiger partial charge in [0.1, 0.15) is 24.0 Å². The Balaban J connectivity index is 2.17. The van der Waals surface area contributed by atoms with Crippen molar-refractivity contribution >= 4 is 11.5 Å². The minimum Gasteiger partial charge on any atom is -0.491 e. The van der Waals surface area contributed by atoms with Crippen LogP contribution >= 0.6 is 0 Å². The Morgan fingerprint density at radius 3 is 2.42 bits per heavy atom. The average Bonchev–Trinajstić information content (AvgIpc) is 2.62. The van der Waals surface area contributed by atoms with E-state index in [0.717, 1.165) is 35.5 Å². The summed E-state index contributed by atoms with van der Waals surface area (Å²) in [5.41, 5.74) is 3.22. The Bertz CT molecular complexity index is 708. The van der Waals surface area contributed by atoms with E-state index in [9.17, 15) is 5.26 Å². The molecule has 24 heavy (non-hydrogen) atoms. The van der Waals surface area contributed by atoms with E-state index in [1.807, 2.05) is 38.1 Å². The zero-order chi connectivity index (χ0) is 17.4. The van der Waals surface area contributed by atoms with Gasteiger partial charge in [0.2, 0.25) is 0 Å². The van der Waals surface area contributed by atoms with Crippen molar-refractivity contribution in [2.75, 3.05) is 25.6 Å². The van der Waals surface area contributed by atoms with Crippen LogP contribution in [0.25, 0.3) is 0 Å². The normalized spacial score (nSPS) is 10.2. The fourth-order valence-electron chi connectivity index (χ4n) is 2.39. The summed E-state index contributed by atoms with van der Waals surface area (Å²) in [7, 11) is 1.64. The summed E-state index contributed by atoms with van der Waals surface area (Å²) in [5, 5.41) is 21.1. The van der Waals surface area contributed by atoms with Crippen LogP contribution in [0.5, 0.6) is 5.75 Å². The monoisotopic (exact) mass is 326 g/mol. The molecule has 0 spiro atoms. The molecule has 2 aromatic rings. The maximum atomic E-state index is 9.50. The second kappa shape index (κ2) is 8.85. The number of anilines is 2. The molecule has 0 radical (unpaired) electrons. The maximum absolute atomic E-state index is 9.50. The lowest BCUT2D eigenvalue weighted by Crippen LogP contribution is -2.07. The number of nitriles is 1. The van der Waals surface area contributed by atoms with Gasteiger partial charge in [-0.15, -0.1) is 5.10 Å². The molecule has 6 heteroatoms. The molecule has 0 aliphatic carbocycles. The van der Waals surface area contributed by atoms with E-state index in [2.05, 4.69) is 21.6 Å². The highest BCUT2D eigenvalue weighted by atomic mass is 16.5. The van der Waals surface area contributed by atoms with Gasteiger partial charge < -0.3 is 14.8 Å². The third-order valence-corrected chi connectivity index (χ3v) is 3.63. The van der Waals surface area contributed by atoms with Gasteiger partial charge in [-0.05, 0) is 42.7 Å². The fourth-order valence-corrected chi connectivity index (χ4v) is 2.39. The Morgan fingerprint density at radius 2 is 1.83 bits per heavy atom. The van der Waals surface area contributed by atoms with E-state index in [-0.39, 0.29) is 0 Å². The van der Waals surface area contributed by atoms with Crippen LogP contribution < -0.4 is 10.1 Å². The van der Waals surface area contributed by atoms with Gasteiger partial charge >= 0.3 is 0 Å². The van der Waals surface area contributed by atoms with Crippen LogP contribution in [0.3, 0.4) is 0 Å². The van der Waals surface area contributed by atoms with E-state index in [4.69, 9.17) is 9.47 Å². The Labute approximate surface area is 142 Å². The zero-order valence-corrected chi connectivity index (χ0v) is 14.3. The van der Waals surface area contributed by atoms with Crippen LogP contribution in [0.4, 0.5) is 11.5 Å². The lowest BCUT2D eigenvalue weighted by molar-refractivity contribution is 0.146. The summed E-state index contributed by atoms with van der Waals surface area (Å²) in [5.74, 6) is 1.25. The maximum Gasteiger partial charge on any atom is 0.171 e. The van der Waals surface area contributed by atoms with E-state index in [0.29, 0.717) is 24.6 Å². The minimum atomic E-state index is 0.486. The molecule has 0 amide bonds. The number of benzene rings is 1. The molecule has 0 aliphatic heterocycles.